The highest BCUT2D eigenvalue weighted by molar-refractivity contribution is 6.11. The predicted octanol–water partition coefficient (Wildman–Crippen LogP) is 3.74. The van der Waals surface area contributed by atoms with E-state index in [-0.39, 0.29) is 30.0 Å². The minimum absolute atomic E-state index is 0.0251. The average molecular weight is 422 g/mol. The summed E-state index contributed by atoms with van der Waals surface area (Å²) in [5, 5.41) is 11.9. The lowest BCUT2D eigenvalue weighted by atomic mass is 9.79. The Morgan fingerprint density at radius 2 is 1.91 bits per heavy atom. The molecule has 4 unspecified atom stereocenters. The standard InChI is InChI=1S/C26H23N5O/c1-15-17-8-4-5-11-20(17)28-22(15)19-10-6-12-21-23(19)30-26(29-21)31-25(32)24-18-9-3-2-7-16(18)13-14-27-24/h2-9,11-14,19,21-23,28H,1,10H2,(H2,29,30,31,32). The number of benzene rings is 2. The Balaban J connectivity index is 1.21. The number of pyridine rings is 1. The monoisotopic (exact) mass is 421 g/mol. The number of anilines is 1. The van der Waals surface area contributed by atoms with Crippen LogP contribution in [0.25, 0.3) is 16.3 Å². The van der Waals surface area contributed by atoms with E-state index in [4.69, 9.17) is 4.99 Å². The molecule has 2 aromatic carbocycles. The number of rotatable bonds is 2. The van der Waals surface area contributed by atoms with Crippen LogP contribution < -0.4 is 16.0 Å². The number of fused-ring (bicyclic) bond motifs is 3. The van der Waals surface area contributed by atoms with Crippen molar-refractivity contribution in [3.63, 3.8) is 0 Å². The van der Waals surface area contributed by atoms with Gasteiger partial charge in [-0.3, -0.25) is 15.1 Å². The molecule has 0 bridgehead atoms. The van der Waals surface area contributed by atoms with Gasteiger partial charge in [-0.05, 0) is 29.5 Å². The SMILES string of the molecule is C=C1c2ccccc2NC1C1CC=CC2N=C(NC(=O)c3nccc4ccccc34)NC21. The lowest BCUT2D eigenvalue weighted by molar-refractivity contribution is 0.0973. The van der Waals surface area contributed by atoms with Gasteiger partial charge in [0.1, 0.15) is 5.69 Å². The van der Waals surface area contributed by atoms with Crippen LogP contribution >= 0.6 is 0 Å². The molecule has 0 saturated carbocycles. The maximum absolute atomic E-state index is 13.0. The number of hydrogen-bond donors (Lipinski definition) is 3. The normalized spacial score (nSPS) is 25.5. The molecule has 3 heterocycles. The molecule has 1 amide bonds. The number of guanidine groups is 1. The van der Waals surface area contributed by atoms with E-state index in [0.717, 1.165) is 28.5 Å². The smallest absolute Gasteiger partial charge is 0.277 e. The van der Waals surface area contributed by atoms with E-state index in [1.165, 1.54) is 5.56 Å². The molecule has 4 atom stereocenters. The van der Waals surface area contributed by atoms with Crippen molar-refractivity contribution < 1.29 is 4.79 Å². The molecule has 32 heavy (non-hydrogen) atoms. The lowest BCUT2D eigenvalue weighted by Crippen LogP contribution is -2.51. The fourth-order valence-electron chi connectivity index (χ4n) is 5.11. The Kier molecular flexibility index (Phi) is 4.31. The third-order valence-electron chi connectivity index (χ3n) is 6.66. The van der Waals surface area contributed by atoms with Gasteiger partial charge in [0.2, 0.25) is 0 Å². The Morgan fingerprint density at radius 3 is 2.81 bits per heavy atom. The number of para-hydroxylation sites is 1. The molecular weight excluding hydrogens is 398 g/mol. The maximum Gasteiger partial charge on any atom is 0.277 e. The fourth-order valence-corrected chi connectivity index (χ4v) is 5.11. The van der Waals surface area contributed by atoms with Crippen LogP contribution in [0.4, 0.5) is 5.69 Å². The van der Waals surface area contributed by atoms with Gasteiger partial charge >= 0.3 is 0 Å². The zero-order valence-electron chi connectivity index (χ0n) is 17.5. The lowest BCUT2D eigenvalue weighted by Gasteiger charge is -2.34. The minimum Gasteiger partial charge on any atom is -0.377 e. The molecule has 1 aromatic heterocycles. The van der Waals surface area contributed by atoms with E-state index < -0.39 is 0 Å². The first-order chi connectivity index (χ1) is 15.7. The summed E-state index contributed by atoms with van der Waals surface area (Å²) in [6, 6.07) is 18.1. The molecule has 6 rings (SSSR count). The summed E-state index contributed by atoms with van der Waals surface area (Å²) in [4.78, 5) is 22.1. The number of hydrogen-bond acceptors (Lipinski definition) is 5. The number of carbonyl (C=O) groups excluding carboxylic acids is 1. The van der Waals surface area contributed by atoms with Crippen LogP contribution in [0.5, 0.6) is 0 Å². The first kappa shape index (κ1) is 18.8. The summed E-state index contributed by atoms with van der Waals surface area (Å²) in [5.41, 5.74) is 3.82. The molecular formula is C26H23N5O. The summed E-state index contributed by atoms with van der Waals surface area (Å²) < 4.78 is 0. The van der Waals surface area contributed by atoms with E-state index in [1.54, 1.807) is 6.20 Å². The molecule has 2 aliphatic heterocycles. The van der Waals surface area contributed by atoms with Gasteiger partial charge in [-0.15, -0.1) is 0 Å². The minimum atomic E-state index is -0.261. The molecule has 0 spiro atoms. The van der Waals surface area contributed by atoms with Crippen molar-refractivity contribution in [2.24, 2.45) is 10.9 Å². The highest BCUT2D eigenvalue weighted by atomic mass is 16.2. The van der Waals surface area contributed by atoms with Gasteiger partial charge < -0.3 is 10.6 Å². The van der Waals surface area contributed by atoms with Gasteiger partial charge in [-0.1, -0.05) is 61.2 Å². The van der Waals surface area contributed by atoms with Crippen molar-refractivity contribution in [2.75, 3.05) is 5.32 Å². The van der Waals surface area contributed by atoms with Crippen molar-refractivity contribution in [2.45, 2.75) is 24.5 Å². The number of amides is 1. The fraction of sp³-hybridized carbons (Fsp3) is 0.192. The molecule has 158 valence electrons. The number of nitrogens with zero attached hydrogens (tertiary/aromatic N) is 2. The Hall–Kier alpha value is -3.93. The Morgan fingerprint density at radius 1 is 1.06 bits per heavy atom. The van der Waals surface area contributed by atoms with E-state index in [1.807, 2.05) is 42.5 Å². The molecule has 0 radical (unpaired) electrons. The van der Waals surface area contributed by atoms with Crippen molar-refractivity contribution in [1.82, 2.24) is 15.6 Å². The highest BCUT2D eigenvalue weighted by Crippen LogP contribution is 2.41. The van der Waals surface area contributed by atoms with Crippen molar-refractivity contribution in [3.8, 4) is 0 Å². The second-order valence-corrected chi connectivity index (χ2v) is 8.49. The maximum atomic E-state index is 13.0. The summed E-state index contributed by atoms with van der Waals surface area (Å²) in [6.07, 6.45) is 6.88. The van der Waals surface area contributed by atoms with E-state index in [0.29, 0.717) is 11.7 Å². The van der Waals surface area contributed by atoms with E-state index in [9.17, 15) is 4.79 Å². The van der Waals surface area contributed by atoms with Gasteiger partial charge in [-0.2, -0.15) is 0 Å². The van der Waals surface area contributed by atoms with Crippen LogP contribution in [0.15, 0.2) is 84.5 Å². The second-order valence-electron chi connectivity index (χ2n) is 8.49. The van der Waals surface area contributed by atoms with Crippen molar-refractivity contribution in [1.29, 1.82) is 0 Å². The quantitative estimate of drug-likeness (QED) is 0.551. The third kappa shape index (κ3) is 2.99. The first-order valence-corrected chi connectivity index (χ1v) is 10.9. The van der Waals surface area contributed by atoms with Gasteiger partial charge in [0.05, 0.1) is 18.1 Å². The summed E-state index contributed by atoms with van der Waals surface area (Å²) in [5.74, 6) is 0.499. The second kappa shape index (κ2) is 7.34. The molecule has 3 aliphatic rings. The molecule has 1 aliphatic carbocycles. The number of carbonyl (C=O) groups is 1. The Labute approximate surface area is 186 Å². The van der Waals surface area contributed by atoms with Crippen LogP contribution in [0.3, 0.4) is 0 Å². The molecule has 6 nitrogen and oxygen atoms in total. The van der Waals surface area contributed by atoms with Crippen molar-refractivity contribution >= 4 is 33.9 Å². The van der Waals surface area contributed by atoms with E-state index in [2.05, 4.69) is 51.8 Å². The van der Waals surface area contributed by atoms with Crippen LogP contribution in [0, 0.1) is 5.92 Å². The summed E-state index contributed by atoms with van der Waals surface area (Å²) in [6.45, 7) is 4.37. The van der Waals surface area contributed by atoms with Crippen LogP contribution in [-0.2, 0) is 0 Å². The summed E-state index contributed by atoms with van der Waals surface area (Å²) >= 11 is 0. The van der Waals surface area contributed by atoms with Crippen LogP contribution in [0.2, 0.25) is 0 Å². The zero-order valence-corrected chi connectivity index (χ0v) is 17.5. The third-order valence-corrected chi connectivity index (χ3v) is 6.66. The molecule has 0 fully saturated rings. The van der Waals surface area contributed by atoms with Crippen LogP contribution in [0.1, 0.15) is 22.5 Å². The van der Waals surface area contributed by atoms with Gasteiger partial charge in [0, 0.05) is 28.8 Å². The number of aliphatic imine (C=N–C) groups is 1. The molecule has 0 saturated heterocycles. The zero-order chi connectivity index (χ0) is 21.7. The largest absolute Gasteiger partial charge is 0.377 e. The average Bonchev–Trinajstić information content (AvgIpc) is 3.39. The molecule has 6 heteroatoms. The number of aromatic nitrogens is 1. The first-order valence-electron chi connectivity index (χ1n) is 10.9. The van der Waals surface area contributed by atoms with E-state index >= 15 is 0 Å². The number of allylic oxidation sites excluding steroid dienone is 1. The number of nitrogens with one attached hydrogen (secondary N) is 3. The topological polar surface area (TPSA) is 78.4 Å². The van der Waals surface area contributed by atoms with Gasteiger partial charge in [0.15, 0.2) is 5.96 Å². The van der Waals surface area contributed by atoms with Gasteiger partial charge in [-0.25, -0.2) is 4.99 Å². The highest BCUT2D eigenvalue weighted by Gasteiger charge is 2.42. The van der Waals surface area contributed by atoms with Crippen molar-refractivity contribution in [3.05, 3.63) is 90.8 Å². The van der Waals surface area contributed by atoms with Gasteiger partial charge in [0.25, 0.3) is 5.91 Å². The molecule has 3 N–H and O–H groups in total. The molecule has 3 aromatic rings. The summed E-state index contributed by atoms with van der Waals surface area (Å²) in [7, 11) is 0. The predicted molar refractivity (Wildman–Crippen MR) is 127 cm³/mol. The van der Waals surface area contributed by atoms with Crippen LogP contribution in [-0.4, -0.2) is 35.0 Å². The Bertz CT molecular complexity index is 1310.